The van der Waals surface area contributed by atoms with Crippen LogP contribution >= 0.6 is 11.6 Å². The first kappa shape index (κ1) is 15.5. The number of para-hydroxylation sites is 2. The fraction of sp³-hybridized carbons (Fsp3) is 0.235. The molecule has 1 atom stereocenters. The minimum Gasteiger partial charge on any atom is -0.492 e. The van der Waals surface area contributed by atoms with E-state index in [0.29, 0.717) is 35.4 Å². The number of hydrogen-bond donors (Lipinski definition) is 1. The third-order valence-electron chi connectivity index (χ3n) is 3.28. The Bertz CT molecular complexity index is 675. The van der Waals surface area contributed by atoms with Crippen molar-refractivity contribution < 1.29 is 19.0 Å². The Balaban J connectivity index is 1.42. The number of halogens is 1. The van der Waals surface area contributed by atoms with Crippen molar-refractivity contribution in [1.82, 2.24) is 5.32 Å². The van der Waals surface area contributed by atoms with Gasteiger partial charge in [0.2, 0.25) is 6.10 Å². The summed E-state index contributed by atoms with van der Waals surface area (Å²) in [7, 11) is 0. The van der Waals surface area contributed by atoms with E-state index in [4.69, 9.17) is 25.8 Å². The molecule has 5 nitrogen and oxygen atoms in total. The predicted molar refractivity (Wildman–Crippen MR) is 86.3 cm³/mol. The molecule has 2 aromatic rings. The summed E-state index contributed by atoms with van der Waals surface area (Å²) in [5.74, 6) is 1.72. The summed E-state index contributed by atoms with van der Waals surface area (Å²) in [4.78, 5) is 12.1. The van der Waals surface area contributed by atoms with Gasteiger partial charge in [0, 0.05) is 5.02 Å². The van der Waals surface area contributed by atoms with Crippen molar-refractivity contribution in [1.29, 1.82) is 0 Å². The number of benzene rings is 2. The van der Waals surface area contributed by atoms with Crippen LogP contribution in [0.2, 0.25) is 5.02 Å². The van der Waals surface area contributed by atoms with Crippen LogP contribution in [0.25, 0.3) is 0 Å². The van der Waals surface area contributed by atoms with Crippen LogP contribution in [-0.2, 0) is 4.79 Å². The van der Waals surface area contributed by atoms with Gasteiger partial charge < -0.3 is 19.5 Å². The molecule has 1 amide bonds. The molecule has 0 unspecified atom stereocenters. The monoisotopic (exact) mass is 333 g/mol. The van der Waals surface area contributed by atoms with Gasteiger partial charge in [0.15, 0.2) is 11.5 Å². The van der Waals surface area contributed by atoms with Gasteiger partial charge in [0.1, 0.15) is 19.0 Å². The third kappa shape index (κ3) is 4.07. The van der Waals surface area contributed by atoms with E-state index in [1.807, 2.05) is 18.2 Å². The minimum atomic E-state index is -0.652. The van der Waals surface area contributed by atoms with E-state index in [-0.39, 0.29) is 12.5 Å². The molecule has 0 radical (unpaired) electrons. The van der Waals surface area contributed by atoms with Crippen molar-refractivity contribution in [2.24, 2.45) is 0 Å². The van der Waals surface area contributed by atoms with Crippen molar-refractivity contribution in [3.8, 4) is 17.2 Å². The van der Waals surface area contributed by atoms with E-state index in [9.17, 15) is 4.79 Å². The van der Waals surface area contributed by atoms with Gasteiger partial charge in [-0.1, -0.05) is 23.7 Å². The highest BCUT2D eigenvalue weighted by atomic mass is 35.5. The summed E-state index contributed by atoms with van der Waals surface area (Å²) in [6.45, 7) is 0.932. The number of hydrogen-bond acceptors (Lipinski definition) is 4. The number of ether oxygens (including phenoxy) is 3. The molecule has 1 aliphatic rings. The van der Waals surface area contributed by atoms with Crippen molar-refractivity contribution >= 4 is 17.5 Å². The second-order valence-corrected chi connectivity index (χ2v) is 5.39. The Kier molecular flexibility index (Phi) is 4.88. The first-order valence-corrected chi connectivity index (χ1v) is 7.65. The lowest BCUT2D eigenvalue weighted by Crippen LogP contribution is -2.45. The lowest BCUT2D eigenvalue weighted by atomic mass is 10.2. The van der Waals surface area contributed by atoms with Gasteiger partial charge >= 0.3 is 0 Å². The average Bonchev–Trinajstić information content (AvgIpc) is 2.59. The first-order valence-electron chi connectivity index (χ1n) is 7.27. The van der Waals surface area contributed by atoms with Gasteiger partial charge in [-0.3, -0.25) is 4.79 Å². The summed E-state index contributed by atoms with van der Waals surface area (Å²) in [6, 6.07) is 14.3. The number of fused-ring (bicyclic) bond motifs is 1. The maximum absolute atomic E-state index is 12.1. The molecular weight excluding hydrogens is 318 g/mol. The Hall–Kier alpha value is -2.40. The smallest absolute Gasteiger partial charge is 0.264 e. The highest BCUT2D eigenvalue weighted by molar-refractivity contribution is 6.30. The second kappa shape index (κ2) is 7.24. The minimum absolute atomic E-state index is 0.195. The summed E-state index contributed by atoms with van der Waals surface area (Å²) in [5.41, 5.74) is 0. The molecule has 0 aromatic heterocycles. The van der Waals surface area contributed by atoms with Crippen molar-refractivity contribution in [3.63, 3.8) is 0 Å². The fourth-order valence-corrected chi connectivity index (χ4v) is 2.26. The normalized spacial score (nSPS) is 15.8. The molecule has 0 aliphatic carbocycles. The Morgan fingerprint density at radius 2 is 1.91 bits per heavy atom. The first-order chi connectivity index (χ1) is 11.2. The molecule has 0 saturated heterocycles. The summed E-state index contributed by atoms with van der Waals surface area (Å²) in [5, 5.41) is 3.42. The zero-order chi connectivity index (χ0) is 16.1. The van der Waals surface area contributed by atoms with Gasteiger partial charge in [0.05, 0.1) is 6.54 Å². The number of nitrogens with one attached hydrogen (secondary N) is 1. The highest BCUT2D eigenvalue weighted by Crippen LogP contribution is 2.30. The molecule has 0 bridgehead atoms. The third-order valence-corrected chi connectivity index (χ3v) is 3.54. The Morgan fingerprint density at radius 3 is 2.70 bits per heavy atom. The molecule has 6 heteroatoms. The van der Waals surface area contributed by atoms with E-state index >= 15 is 0 Å². The SMILES string of the molecule is O=C(NCCOc1ccc(Cl)cc1)[C@@H]1COc2ccccc2O1. The lowest BCUT2D eigenvalue weighted by Gasteiger charge is -2.25. The number of rotatable bonds is 5. The van der Waals surface area contributed by atoms with Crippen LogP contribution in [0.4, 0.5) is 0 Å². The quantitative estimate of drug-likeness (QED) is 0.855. The van der Waals surface area contributed by atoms with Crippen LogP contribution in [0.5, 0.6) is 17.2 Å². The molecular formula is C17H16ClNO4. The van der Waals surface area contributed by atoms with E-state index in [1.54, 1.807) is 30.3 Å². The molecule has 0 fully saturated rings. The summed E-state index contributed by atoms with van der Waals surface area (Å²) >= 11 is 5.80. The van der Waals surface area contributed by atoms with Crippen LogP contribution < -0.4 is 19.5 Å². The number of carbonyl (C=O) groups excluding carboxylic acids is 1. The zero-order valence-electron chi connectivity index (χ0n) is 12.3. The topological polar surface area (TPSA) is 56.8 Å². The Labute approximate surface area is 139 Å². The lowest BCUT2D eigenvalue weighted by molar-refractivity contribution is -0.130. The molecule has 23 heavy (non-hydrogen) atoms. The highest BCUT2D eigenvalue weighted by Gasteiger charge is 2.26. The standard InChI is InChI=1S/C17H16ClNO4/c18-12-5-7-13(8-6-12)21-10-9-19-17(20)16-11-22-14-3-1-2-4-15(14)23-16/h1-8,16H,9-11H2,(H,19,20)/t16-/m0/s1. The van der Waals surface area contributed by atoms with Crippen LogP contribution in [0.15, 0.2) is 48.5 Å². The van der Waals surface area contributed by atoms with Crippen molar-refractivity contribution in [2.75, 3.05) is 19.8 Å². The maximum Gasteiger partial charge on any atom is 0.264 e. The number of amides is 1. The number of carbonyl (C=O) groups is 1. The van der Waals surface area contributed by atoms with Crippen molar-refractivity contribution in [3.05, 3.63) is 53.6 Å². The largest absolute Gasteiger partial charge is 0.492 e. The average molecular weight is 334 g/mol. The molecule has 0 spiro atoms. The van der Waals surface area contributed by atoms with Crippen LogP contribution in [0.1, 0.15) is 0 Å². The van der Waals surface area contributed by atoms with Gasteiger partial charge in [-0.2, -0.15) is 0 Å². The molecule has 1 N–H and O–H groups in total. The van der Waals surface area contributed by atoms with E-state index in [1.165, 1.54) is 0 Å². The second-order valence-electron chi connectivity index (χ2n) is 4.96. The molecule has 1 heterocycles. The van der Waals surface area contributed by atoms with Gasteiger partial charge in [-0.25, -0.2) is 0 Å². The van der Waals surface area contributed by atoms with Crippen LogP contribution in [-0.4, -0.2) is 31.8 Å². The molecule has 1 aliphatic heterocycles. The fourth-order valence-electron chi connectivity index (χ4n) is 2.14. The van der Waals surface area contributed by atoms with Crippen molar-refractivity contribution in [2.45, 2.75) is 6.10 Å². The van der Waals surface area contributed by atoms with Gasteiger partial charge in [-0.05, 0) is 36.4 Å². The summed E-state index contributed by atoms with van der Waals surface area (Å²) < 4.78 is 16.7. The summed E-state index contributed by atoms with van der Waals surface area (Å²) in [6.07, 6.45) is -0.652. The van der Waals surface area contributed by atoms with E-state index < -0.39 is 6.10 Å². The van der Waals surface area contributed by atoms with Crippen LogP contribution in [0, 0.1) is 0 Å². The van der Waals surface area contributed by atoms with Gasteiger partial charge in [0.25, 0.3) is 5.91 Å². The van der Waals surface area contributed by atoms with E-state index in [0.717, 1.165) is 0 Å². The van der Waals surface area contributed by atoms with Gasteiger partial charge in [-0.15, -0.1) is 0 Å². The van der Waals surface area contributed by atoms with Crippen LogP contribution in [0.3, 0.4) is 0 Å². The zero-order valence-corrected chi connectivity index (χ0v) is 13.1. The molecule has 120 valence electrons. The predicted octanol–water partition coefficient (Wildman–Crippen LogP) is 2.68. The van der Waals surface area contributed by atoms with E-state index in [2.05, 4.69) is 5.32 Å². The molecule has 2 aromatic carbocycles. The molecule has 3 rings (SSSR count). The maximum atomic E-state index is 12.1. The Morgan fingerprint density at radius 1 is 1.17 bits per heavy atom. The molecule has 0 saturated carbocycles.